The van der Waals surface area contributed by atoms with E-state index in [2.05, 4.69) is 59.5 Å². The average Bonchev–Trinajstić information content (AvgIpc) is 2.30. The summed E-state index contributed by atoms with van der Waals surface area (Å²) in [6.45, 7) is 2.30. The maximum Gasteiger partial charge on any atom is 0.0115 e. The summed E-state index contributed by atoms with van der Waals surface area (Å²) in [7, 11) is 0. The molecule has 0 amide bonds. The van der Waals surface area contributed by atoms with Crippen LogP contribution in [-0.2, 0) is 0 Å². The lowest BCUT2D eigenvalue weighted by atomic mass is 10.0. The van der Waals surface area contributed by atoms with E-state index in [0.29, 0.717) is 5.92 Å². The minimum absolute atomic E-state index is 0.132. The lowest BCUT2D eigenvalue weighted by Gasteiger charge is -2.13. The third kappa shape index (κ3) is 2.21. The van der Waals surface area contributed by atoms with E-state index >= 15 is 0 Å². The van der Waals surface area contributed by atoms with Crippen molar-refractivity contribution >= 4 is 24.7 Å². The normalized spacial score (nSPS) is 17.1. The second-order valence-corrected chi connectivity index (χ2v) is 5.89. The molecule has 0 radical (unpaired) electrons. The standard InChI is InChI=1S/C13H13I/c1-11(12-7-3-2-4-8-12)13-9-5-6-10-14-13/h2-11H,1H3. The van der Waals surface area contributed by atoms with Crippen molar-refractivity contribution in [2.24, 2.45) is 0 Å². The lowest BCUT2D eigenvalue weighted by Crippen LogP contribution is -1.93. The van der Waals surface area contributed by atoms with Crippen molar-refractivity contribution in [1.29, 1.82) is 0 Å². The molecule has 0 saturated carbocycles. The van der Waals surface area contributed by atoms with E-state index in [4.69, 9.17) is 0 Å². The van der Waals surface area contributed by atoms with E-state index in [1.807, 2.05) is 0 Å². The second-order valence-electron chi connectivity index (χ2n) is 3.30. The fourth-order valence-electron chi connectivity index (χ4n) is 1.47. The number of allylic oxidation sites excluding steroid dienone is 4. The van der Waals surface area contributed by atoms with Gasteiger partial charge in [0.1, 0.15) is 0 Å². The molecule has 1 aromatic rings. The Hall–Kier alpha value is -0.700. The highest BCUT2D eigenvalue weighted by atomic mass is 127. The smallest absolute Gasteiger partial charge is 0.0115 e. The van der Waals surface area contributed by atoms with Gasteiger partial charge in [-0.1, -0.05) is 76.2 Å². The topological polar surface area (TPSA) is 0 Å². The minimum atomic E-state index is 0.132. The van der Waals surface area contributed by atoms with Crippen LogP contribution in [0.4, 0.5) is 0 Å². The molecule has 0 fully saturated rings. The van der Waals surface area contributed by atoms with Crippen molar-refractivity contribution in [3.05, 3.63) is 57.7 Å². The SMILES string of the molecule is CC(C1=CC=CC=I1)c1ccccc1. The Balaban J connectivity index is 2.25. The summed E-state index contributed by atoms with van der Waals surface area (Å²) >= 11 is 0.132. The molecule has 0 saturated heterocycles. The fraction of sp³-hybridized carbons (Fsp3) is 0.154. The Morgan fingerprint density at radius 2 is 1.86 bits per heavy atom. The van der Waals surface area contributed by atoms with Crippen LogP contribution in [0, 0.1) is 0 Å². The van der Waals surface area contributed by atoms with E-state index in [-0.39, 0.29) is 20.7 Å². The van der Waals surface area contributed by atoms with Crippen LogP contribution in [0.15, 0.2) is 52.1 Å². The van der Waals surface area contributed by atoms with Crippen molar-refractivity contribution in [3.63, 3.8) is 0 Å². The molecule has 0 nitrogen and oxygen atoms in total. The molecule has 1 aliphatic rings. The van der Waals surface area contributed by atoms with Gasteiger partial charge in [0.25, 0.3) is 0 Å². The first kappa shape index (κ1) is 9.84. The zero-order valence-corrected chi connectivity index (χ0v) is 10.3. The Morgan fingerprint density at radius 1 is 1.07 bits per heavy atom. The Kier molecular flexibility index (Phi) is 3.30. The molecule has 0 aromatic heterocycles. The van der Waals surface area contributed by atoms with E-state index < -0.39 is 0 Å². The third-order valence-electron chi connectivity index (χ3n) is 2.34. The van der Waals surface area contributed by atoms with Crippen LogP contribution in [-0.4, -0.2) is 4.01 Å². The van der Waals surface area contributed by atoms with E-state index in [1.165, 1.54) is 5.56 Å². The molecular formula is C13H13I. The first-order chi connectivity index (χ1) is 6.88. The zero-order valence-electron chi connectivity index (χ0n) is 8.15. The Labute approximate surface area is 95.1 Å². The molecule has 0 bridgehead atoms. The van der Waals surface area contributed by atoms with Crippen molar-refractivity contribution < 1.29 is 0 Å². The first-order valence-corrected chi connectivity index (χ1v) is 7.09. The monoisotopic (exact) mass is 296 g/mol. The molecule has 72 valence electrons. The van der Waals surface area contributed by atoms with Gasteiger partial charge in [0, 0.05) is 5.92 Å². The number of benzene rings is 1. The molecule has 1 heterocycles. The second kappa shape index (κ2) is 4.69. The highest BCUT2D eigenvalue weighted by Crippen LogP contribution is 2.32. The summed E-state index contributed by atoms with van der Waals surface area (Å²) < 4.78 is 3.94. The Morgan fingerprint density at radius 3 is 2.50 bits per heavy atom. The van der Waals surface area contributed by atoms with Gasteiger partial charge in [-0.15, -0.1) is 0 Å². The van der Waals surface area contributed by atoms with Crippen LogP contribution in [0.25, 0.3) is 0 Å². The highest BCUT2D eigenvalue weighted by Gasteiger charge is 2.08. The van der Waals surface area contributed by atoms with Gasteiger partial charge >= 0.3 is 0 Å². The number of hydrogen-bond acceptors (Lipinski definition) is 0. The van der Waals surface area contributed by atoms with Gasteiger partial charge in [0.2, 0.25) is 0 Å². The molecule has 1 aliphatic heterocycles. The summed E-state index contributed by atoms with van der Waals surface area (Å²) in [5.41, 5.74) is 1.43. The van der Waals surface area contributed by atoms with Crippen LogP contribution in [0.2, 0.25) is 0 Å². The van der Waals surface area contributed by atoms with E-state index in [0.717, 1.165) is 0 Å². The quantitative estimate of drug-likeness (QED) is 0.723. The van der Waals surface area contributed by atoms with Gasteiger partial charge in [0.15, 0.2) is 0 Å². The van der Waals surface area contributed by atoms with Crippen molar-refractivity contribution in [2.75, 3.05) is 0 Å². The fourth-order valence-corrected chi connectivity index (χ4v) is 3.65. The molecule has 1 unspecified atom stereocenters. The predicted molar refractivity (Wildman–Crippen MR) is 72.2 cm³/mol. The summed E-state index contributed by atoms with van der Waals surface area (Å²) in [4.78, 5) is 0. The van der Waals surface area contributed by atoms with Crippen LogP contribution < -0.4 is 0 Å². The summed E-state index contributed by atoms with van der Waals surface area (Å²) in [5, 5.41) is 0. The van der Waals surface area contributed by atoms with Crippen LogP contribution in [0.1, 0.15) is 18.4 Å². The molecule has 1 heteroatoms. The molecule has 0 aliphatic carbocycles. The number of rotatable bonds is 2. The van der Waals surface area contributed by atoms with Gasteiger partial charge in [-0.25, -0.2) is 0 Å². The van der Waals surface area contributed by atoms with Gasteiger partial charge in [-0.2, -0.15) is 0 Å². The van der Waals surface area contributed by atoms with E-state index in [9.17, 15) is 0 Å². The maximum absolute atomic E-state index is 2.33. The van der Waals surface area contributed by atoms with Gasteiger partial charge < -0.3 is 0 Å². The first-order valence-electron chi connectivity index (χ1n) is 4.76. The molecule has 0 N–H and O–H groups in total. The van der Waals surface area contributed by atoms with E-state index in [1.54, 1.807) is 3.58 Å². The number of hydrogen-bond donors (Lipinski definition) is 0. The number of halogens is 1. The zero-order chi connectivity index (χ0) is 9.80. The van der Waals surface area contributed by atoms with Crippen molar-refractivity contribution in [2.45, 2.75) is 12.8 Å². The van der Waals surface area contributed by atoms with Crippen LogP contribution >= 0.6 is 20.7 Å². The van der Waals surface area contributed by atoms with Crippen LogP contribution in [0.5, 0.6) is 0 Å². The Bertz CT molecular complexity index is 385. The summed E-state index contributed by atoms with van der Waals surface area (Å²) in [6, 6.07) is 10.7. The van der Waals surface area contributed by atoms with Gasteiger partial charge in [-0.3, -0.25) is 0 Å². The summed E-state index contributed by atoms with van der Waals surface area (Å²) in [5.74, 6) is 0.588. The lowest BCUT2D eigenvalue weighted by molar-refractivity contribution is 0.960. The average molecular weight is 296 g/mol. The van der Waals surface area contributed by atoms with Crippen molar-refractivity contribution in [3.8, 4) is 0 Å². The van der Waals surface area contributed by atoms with Crippen molar-refractivity contribution in [1.82, 2.24) is 0 Å². The molecule has 14 heavy (non-hydrogen) atoms. The van der Waals surface area contributed by atoms with Gasteiger partial charge in [-0.05, 0) is 13.2 Å². The summed E-state index contributed by atoms with van der Waals surface area (Å²) in [6.07, 6.45) is 6.59. The highest BCUT2D eigenvalue weighted by molar-refractivity contribution is 14.2. The maximum atomic E-state index is 2.33. The largest absolute Gasteiger partial charge is 0.0895 e. The predicted octanol–water partition coefficient (Wildman–Crippen LogP) is 4.02. The van der Waals surface area contributed by atoms with Gasteiger partial charge in [0.05, 0.1) is 0 Å². The third-order valence-corrected chi connectivity index (χ3v) is 5.13. The molecule has 0 spiro atoms. The van der Waals surface area contributed by atoms with Crippen LogP contribution in [0.3, 0.4) is 0 Å². The molecule has 1 aromatic carbocycles. The molecule has 1 atom stereocenters. The minimum Gasteiger partial charge on any atom is -0.0895 e. The molecular weight excluding hydrogens is 283 g/mol. The molecule has 2 rings (SSSR count).